The van der Waals surface area contributed by atoms with Crippen LogP contribution in [-0.4, -0.2) is 53.9 Å². The second-order valence-corrected chi connectivity index (χ2v) is 5.90. The van der Waals surface area contributed by atoms with Gasteiger partial charge in [-0.1, -0.05) is 24.4 Å². The van der Waals surface area contributed by atoms with Crippen LogP contribution in [0, 0.1) is 0 Å². The summed E-state index contributed by atoms with van der Waals surface area (Å²) in [6, 6.07) is 7.70. The number of likely N-dealkylation sites (N-methyl/N-ethyl adjacent to an activating group) is 1. The van der Waals surface area contributed by atoms with Crippen molar-refractivity contribution < 1.29 is 4.79 Å². The molecule has 0 aromatic heterocycles. The van der Waals surface area contributed by atoms with E-state index in [1.807, 2.05) is 23.1 Å². The molecule has 20 heavy (non-hydrogen) atoms. The molecule has 1 atom stereocenters. The van der Waals surface area contributed by atoms with Gasteiger partial charge in [0.15, 0.2) is 0 Å². The number of nitrogens with zero attached hydrogens (tertiary/aromatic N) is 2. The van der Waals surface area contributed by atoms with E-state index < -0.39 is 0 Å². The van der Waals surface area contributed by atoms with Crippen LogP contribution in [0.1, 0.15) is 28.8 Å². The molecule has 0 radical (unpaired) electrons. The largest absolute Gasteiger partial charge is 0.389 e. The first-order valence-electron chi connectivity index (χ1n) is 6.84. The van der Waals surface area contributed by atoms with Gasteiger partial charge in [-0.2, -0.15) is 0 Å². The van der Waals surface area contributed by atoms with Gasteiger partial charge in [0.25, 0.3) is 5.91 Å². The van der Waals surface area contributed by atoms with Crippen LogP contribution in [0.4, 0.5) is 0 Å². The number of amides is 1. The number of nitrogens with two attached hydrogens (primary N) is 1. The van der Waals surface area contributed by atoms with Gasteiger partial charge in [-0.05, 0) is 39.1 Å². The molecule has 1 saturated heterocycles. The molecule has 1 heterocycles. The third kappa shape index (κ3) is 3.35. The number of piperidine rings is 1. The number of hydrogen-bond acceptors (Lipinski definition) is 3. The van der Waals surface area contributed by atoms with Gasteiger partial charge in [0.05, 0.1) is 0 Å². The molecule has 4 nitrogen and oxygen atoms in total. The smallest absolute Gasteiger partial charge is 0.253 e. The number of likely N-dealkylation sites (tertiary alicyclic amines) is 1. The fraction of sp³-hybridized carbons (Fsp3) is 0.467. The van der Waals surface area contributed by atoms with Gasteiger partial charge in [0.1, 0.15) is 4.99 Å². The lowest BCUT2D eigenvalue weighted by molar-refractivity contribution is 0.0635. The van der Waals surface area contributed by atoms with Crippen LogP contribution >= 0.6 is 12.2 Å². The highest BCUT2D eigenvalue weighted by atomic mass is 32.1. The number of carbonyl (C=O) groups is 1. The number of hydrogen-bond donors (Lipinski definition) is 1. The predicted molar refractivity (Wildman–Crippen MR) is 84.9 cm³/mol. The van der Waals surface area contributed by atoms with Crippen molar-refractivity contribution in [3.05, 3.63) is 35.4 Å². The van der Waals surface area contributed by atoms with E-state index in [2.05, 4.69) is 19.0 Å². The zero-order valence-electron chi connectivity index (χ0n) is 12.0. The molecule has 1 fully saturated rings. The van der Waals surface area contributed by atoms with Gasteiger partial charge in [0, 0.05) is 30.3 Å². The third-order valence-electron chi connectivity index (χ3n) is 3.81. The maximum Gasteiger partial charge on any atom is 0.253 e. The lowest BCUT2D eigenvalue weighted by Gasteiger charge is -2.36. The fourth-order valence-corrected chi connectivity index (χ4v) is 2.68. The molecule has 1 aromatic rings. The molecule has 2 N–H and O–H groups in total. The van der Waals surface area contributed by atoms with E-state index in [1.165, 1.54) is 0 Å². The minimum absolute atomic E-state index is 0.0645. The Hall–Kier alpha value is -1.46. The molecule has 1 aliphatic heterocycles. The Labute approximate surface area is 125 Å². The molecule has 5 heteroatoms. The molecule has 0 bridgehead atoms. The van der Waals surface area contributed by atoms with E-state index in [9.17, 15) is 4.79 Å². The van der Waals surface area contributed by atoms with Gasteiger partial charge < -0.3 is 15.5 Å². The Morgan fingerprint density at radius 1 is 1.40 bits per heavy atom. The first-order chi connectivity index (χ1) is 9.49. The molecular formula is C15H21N3OS. The predicted octanol–water partition coefficient (Wildman–Crippen LogP) is 1.49. The van der Waals surface area contributed by atoms with Crippen molar-refractivity contribution in [1.82, 2.24) is 9.80 Å². The van der Waals surface area contributed by atoms with Gasteiger partial charge in [-0.15, -0.1) is 0 Å². The summed E-state index contributed by atoms with van der Waals surface area (Å²) in [6.45, 7) is 1.60. The highest BCUT2D eigenvalue weighted by molar-refractivity contribution is 7.80. The quantitative estimate of drug-likeness (QED) is 0.857. The van der Waals surface area contributed by atoms with Crippen LogP contribution in [0.2, 0.25) is 0 Å². The number of rotatable bonds is 3. The van der Waals surface area contributed by atoms with Crippen molar-refractivity contribution in [3.8, 4) is 0 Å². The van der Waals surface area contributed by atoms with Crippen molar-refractivity contribution in [2.75, 3.05) is 27.2 Å². The molecule has 0 spiro atoms. The van der Waals surface area contributed by atoms with E-state index >= 15 is 0 Å². The standard InChI is InChI=1S/C15H21N3OS/c1-17(2)13-7-4-8-18(10-13)15(19)12-6-3-5-11(9-12)14(16)20/h3,5-6,9,13H,4,7-8,10H2,1-2H3,(H2,16,20). The summed E-state index contributed by atoms with van der Waals surface area (Å²) in [5, 5.41) is 0. The lowest BCUT2D eigenvalue weighted by atomic mass is 10.0. The lowest BCUT2D eigenvalue weighted by Crippen LogP contribution is -2.47. The van der Waals surface area contributed by atoms with Crippen molar-refractivity contribution in [2.24, 2.45) is 5.73 Å². The van der Waals surface area contributed by atoms with Crippen LogP contribution < -0.4 is 5.73 Å². The summed E-state index contributed by atoms with van der Waals surface area (Å²) >= 11 is 4.96. The topological polar surface area (TPSA) is 49.6 Å². The number of benzene rings is 1. The SMILES string of the molecule is CN(C)C1CCCN(C(=O)c2cccc(C(N)=S)c2)C1. The summed E-state index contributed by atoms with van der Waals surface area (Å²) in [4.78, 5) is 17.0. The number of carbonyl (C=O) groups excluding carboxylic acids is 1. The normalized spacial score (nSPS) is 19.1. The summed E-state index contributed by atoms with van der Waals surface area (Å²) in [5.41, 5.74) is 7.03. The van der Waals surface area contributed by atoms with E-state index in [0.717, 1.165) is 31.5 Å². The Morgan fingerprint density at radius 2 is 2.10 bits per heavy atom. The molecule has 108 valence electrons. The van der Waals surface area contributed by atoms with Crippen LogP contribution in [0.3, 0.4) is 0 Å². The van der Waals surface area contributed by atoms with Crippen LogP contribution in [0.5, 0.6) is 0 Å². The Balaban J connectivity index is 2.14. The van der Waals surface area contributed by atoms with E-state index in [1.54, 1.807) is 6.07 Å². The summed E-state index contributed by atoms with van der Waals surface area (Å²) < 4.78 is 0. The first kappa shape index (κ1) is 14.9. The maximum atomic E-state index is 12.6. The summed E-state index contributed by atoms with van der Waals surface area (Å²) in [6.07, 6.45) is 2.19. The van der Waals surface area contributed by atoms with E-state index in [-0.39, 0.29) is 5.91 Å². The molecule has 1 unspecified atom stereocenters. The molecule has 1 aromatic carbocycles. The molecule has 1 aliphatic rings. The zero-order chi connectivity index (χ0) is 14.7. The minimum Gasteiger partial charge on any atom is -0.389 e. The number of thiocarbonyl (C=S) groups is 1. The summed E-state index contributed by atoms with van der Waals surface area (Å²) in [5.74, 6) is 0.0645. The van der Waals surface area contributed by atoms with Crippen LogP contribution in [0.15, 0.2) is 24.3 Å². The van der Waals surface area contributed by atoms with Crippen LogP contribution in [0.25, 0.3) is 0 Å². The fourth-order valence-electron chi connectivity index (χ4n) is 2.55. The first-order valence-corrected chi connectivity index (χ1v) is 7.25. The molecule has 0 saturated carbocycles. The van der Waals surface area contributed by atoms with E-state index in [4.69, 9.17) is 18.0 Å². The van der Waals surface area contributed by atoms with E-state index in [0.29, 0.717) is 16.6 Å². The second kappa shape index (κ2) is 6.33. The van der Waals surface area contributed by atoms with Crippen LogP contribution in [-0.2, 0) is 0 Å². The average molecular weight is 291 g/mol. The molecular weight excluding hydrogens is 270 g/mol. The summed E-state index contributed by atoms with van der Waals surface area (Å²) in [7, 11) is 4.12. The zero-order valence-corrected chi connectivity index (χ0v) is 12.8. The average Bonchev–Trinajstić information content (AvgIpc) is 2.46. The Bertz CT molecular complexity index is 516. The molecule has 0 aliphatic carbocycles. The molecule has 1 amide bonds. The van der Waals surface area contributed by atoms with Gasteiger partial charge >= 0.3 is 0 Å². The second-order valence-electron chi connectivity index (χ2n) is 5.46. The van der Waals surface area contributed by atoms with Crippen molar-refractivity contribution >= 4 is 23.1 Å². The minimum atomic E-state index is 0.0645. The van der Waals surface area contributed by atoms with Crippen molar-refractivity contribution in [2.45, 2.75) is 18.9 Å². The van der Waals surface area contributed by atoms with Gasteiger partial charge in [-0.3, -0.25) is 4.79 Å². The maximum absolute atomic E-state index is 12.6. The van der Waals surface area contributed by atoms with Crippen molar-refractivity contribution in [3.63, 3.8) is 0 Å². The Morgan fingerprint density at radius 3 is 2.75 bits per heavy atom. The highest BCUT2D eigenvalue weighted by Crippen LogP contribution is 2.17. The van der Waals surface area contributed by atoms with Gasteiger partial charge in [-0.25, -0.2) is 0 Å². The highest BCUT2D eigenvalue weighted by Gasteiger charge is 2.25. The third-order valence-corrected chi connectivity index (χ3v) is 4.04. The molecule has 2 rings (SSSR count). The van der Waals surface area contributed by atoms with Gasteiger partial charge in [0.2, 0.25) is 0 Å². The van der Waals surface area contributed by atoms with Crippen molar-refractivity contribution in [1.29, 1.82) is 0 Å². The monoisotopic (exact) mass is 291 g/mol. The Kier molecular flexibility index (Phi) is 4.73.